The second-order valence-electron chi connectivity index (χ2n) is 5.85. The van der Waals surface area contributed by atoms with Crippen molar-refractivity contribution in [1.82, 2.24) is 10.2 Å². The Morgan fingerprint density at radius 3 is 2.95 bits per heavy atom. The van der Waals surface area contributed by atoms with Gasteiger partial charge in [-0.25, -0.2) is 0 Å². The Labute approximate surface area is 132 Å². The lowest BCUT2D eigenvalue weighted by atomic mass is 10.0. The molecule has 4 heteroatoms. The number of benzene rings is 1. The summed E-state index contributed by atoms with van der Waals surface area (Å²) in [5.41, 5.74) is 0.890. The zero-order valence-corrected chi connectivity index (χ0v) is 13.5. The highest BCUT2D eigenvalue weighted by atomic mass is 35.5. The summed E-state index contributed by atoms with van der Waals surface area (Å²) in [4.78, 5) is 14.4. The zero-order valence-electron chi connectivity index (χ0n) is 12.8. The van der Waals surface area contributed by atoms with E-state index in [1.807, 2.05) is 24.3 Å². The van der Waals surface area contributed by atoms with Crippen LogP contribution in [0.25, 0.3) is 0 Å². The Balaban J connectivity index is 1.64. The third-order valence-electron chi connectivity index (χ3n) is 4.19. The molecule has 3 nitrogen and oxygen atoms in total. The molecule has 116 valence electrons. The largest absolute Gasteiger partial charge is 0.356 e. The number of likely N-dealkylation sites (tertiary alicyclic amines) is 1. The van der Waals surface area contributed by atoms with E-state index in [-0.39, 0.29) is 5.91 Å². The summed E-state index contributed by atoms with van der Waals surface area (Å²) in [7, 11) is 0. The molecule has 0 saturated carbocycles. The summed E-state index contributed by atoms with van der Waals surface area (Å²) in [6, 6.07) is 8.20. The van der Waals surface area contributed by atoms with Crippen LogP contribution in [0.2, 0.25) is 5.02 Å². The van der Waals surface area contributed by atoms with Gasteiger partial charge in [0.05, 0.1) is 6.42 Å². The van der Waals surface area contributed by atoms with E-state index in [9.17, 15) is 4.79 Å². The van der Waals surface area contributed by atoms with Crippen LogP contribution in [-0.4, -0.2) is 36.5 Å². The number of halogens is 1. The number of carbonyl (C=O) groups is 1. The fraction of sp³-hybridized carbons (Fsp3) is 0.588. The third-order valence-corrected chi connectivity index (χ3v) is 4.56. The lowest BCUT2D eigenvalue weighted by molar-refractivity contribution is -0.120. The van der Waals surface area contributed by atoms with Crippen molar-refractivity contribution >= 4 is 17.5 Å². The van der Waals surface area contributed by atoms with Gasteiger partial charge in [-0.15, -0.1) is 0 Å². The maximum Gasteiger partial charge on any atom is 0.224 e. The van der Waals surface area contributed by atoms with Gasteiger partial charge >= 0.3 is 0 Å². The molecule has 0 spiro atoms. The summed E-state index contributed by atoms with van der Waals surface area (Å²) in [6.45, 7) is 5.32. The van der Waals surface area contributed by atoms with Crippen LogP contribution in [0.5, 0.6) is 0 Å². The van der Waals surface area contributed by atoms with E-state index in [4.69, 9.17) is 11.6 Å². The molecule has 1 heterocycles. The average Bonchev–Trinajstić information content (AvgIpc) is 2.48. The first-order valence-corrected chi connectivity index (χ1v) is 8.29. The minimum absolute atomic E-state index is 0.0507. The van der Waals surface area contributed by atoms with Gasteiger partial charge in [0.15, 0.2) is 0 Å². The van der Waals surface area contributed by atoms with Gasteiger partial charge in [-0.3, -0.25) is 4.79 Å². The molecule has 2 rings (SSSR count). The van der Waals surface area contributed by atoms with Gasteiger partial charge in [0.25, 0.3) is 0 Å². The van der Waals surface area contributed by atoms with Crippen LogP contribution in [0.15, 0.2) is 24.3 Å². The highest BCUT2D eigenvalue weighted by Gasteiger charge is 2.17. The second-order valence-corrected chi connectivity index (χ2v) is 6.26. The molecule has 1 aliphatic rings. The summed E-state index contributed by atoms with van der Waals surface area (Å²) in [6.07, 6.45) is 5.34. The predicted octanol–water partition coefficient (Wildman–Crippen LogP) is 3.26. The van der Waals surface area contributed by atoms with E-state index in [2.05, 4.69) is 17.1 Å². The van der Waals surface area contributed by atoms with Crippen LogP contribution >= 0.6 is 11.6 Å². The van der Waals surface area contributed by atoms with Gasteiger partial charge in [0.1, 0.15) is 0 Å². The molecule has 1 aromatic rings. The second kappa shape index (κ2) is 8.40. The fourth-order valence-electron chi connectivity index (χ4n) is 2.88. The average molecular weight is 309 g/mol. The third kappa shape index (κ3) is 5.33. The lowest BCUT2D eigenvalue weighted by Gasteiger charge is -2.33. The highest BCUT2D eigenvalue weighted by molar-refractivity contribution is 6.31. The molecular formula is C17H25ClN2O. The summed E-state index contributed by atoms with van der Waals surface area (Å²) < 4.78 is 0. The Morgan fingerprint density at radius 1 is 1.38 bits per heavy atom. The summed E-state index contributed by atoms with van der Waals surface area (Å²) in [5, 5.41) is 3.65. The van der Waals surface area contributed by atoms with E-state index < -0.39 is 0 Å². The van der Waals surface area contributed by atoms with Gasteiger partial charge in [-0.05, 0) is 44.4 Å². The van der Waals surface area contributed by atoms with Crippen molar-refractivity contribution in [2.45, 2.75) is 45.1 Å². The first-order valence-electron chi connectivity index (χ1n) is 7.91. The molecule has 1 saturated heterocycles. The van der Waals surface area contributed by atoms with Gasteiger partial charge in [0.2, 0.25) is 5.91 Å². The maximum atomic E-state index is 11.9. The van der Waals surface area contributed by atoms with Crippen LogP contribution in [-0.2, 0) is 11.2 Å². The molecular weight excluding hydrogens is 284 g/mol. The van der Waals surface area contributed by atoms with Crippen LogP contribution in [0.1, 0.15) is 38.2 Å². The number of piperidine rings is 1. The minimum atomic E-state index is 0.0507. The monoisotopic (exact) mass is 308 g/mol. The highest BCUT2D eigenvalue weighted by Crippen LogP contribution is 2.16. The molecule has 1 atom stereocenters. The molecule has 21 heavy (non-hydrogen) atoms. The van der Waals surface area contributed by atoms with Crippen molar-refractivity contribution in [3.05, 3.63) is 34.9 Å². The van der Waals surface area contributed by atoms with E-state index in [0.717, 1.165) is 25.1 Å². The number of nitrogens with zero attached hydrogens (tertiary/aromatic N) is 1. The first kappa shape index (κ1) is 16.3. The van der Waals surface area contributed by atoms with Crippen LogP contribution in [0.4, 0.5) is 0 Å². The van der Waals surface area contributed by atoms with Crippen molar-refractivity contribution in [3.63, 3.8) is 0 Å². The smallest absolute Gasteiger partial charge is 0.224 e. The normalized spacial score (nSPS) is 19.4. The molecule has 1 amide bonds. The predicted molar refractivity (Wildman–Crippen MR) is 87.7 cm³/mol. The number of rotatable bonds is 6. The van der Waals surface area contributed by atoms with Crippen molar-refractivity contribution in [3.8, 4) is 0 Å². The Bertz CT molecular complexity index is 464. The Morgan fingerprint density at radius 2 is 2.19 bits per heavy atom. The molecule has 0 bridgehead atoms. The summed E-state index contributed by atoms with van der Waals surface area (Å²) in [5.74, 6) is 0.0507. The van der Waals surface area contributed by atoms with Crippen LogP contribution in [0.3, 0.4) is 0 Å². The maximum absolute atomic E-state index is 11.9. The van der Waals surface area contributed by atoms with Crippen molar-refractivity contribution in [2.75, 3.05) is 19.6 Å². The number of amides is 1. The Kier molecular flexibility index (Phi) is 6.52. The lowest BCUT2D eigenvalue weighted by Crippen LogP contribution is -2.39. The molecule has 0 radical (unpaired) electrons. The fourth-order valence-corrected chi connectivity index (χ4v) is 3.08. The van der Waals surface area contributed by atoms with Crippen molar-refractivity contribution in [1.29, 1.82) is 0 Å². The minimum Gasteiger partial charge on any atom is -0.356 e. The van der Waals surface area contributed by atoms with Gasteiger partial charge in [-0.1, -0.05) is 36.2 Å². The van der Waals surface area contributed by atoms with Gasteiger partial charge in [0, 0.05) is 24.2 Å². The number of nitrogens with one attached hydrogen (secondary N) is 1. The van der Waals surface area contributed by atoms with Gasteiger partial charge in [-0.2, -0.15) is 0 Å². The van der Waals surface area contributed by atoms with Crippen molar-refractivity contribution in [2.24, 2.45) is 0 Å². The molecule has 1 aliphatic heterocycles. The first-order chi connectivity index (χ1) is 10.2. The van der Waals surface area contributed by atoms with E-state index >= 15 is 0 Å². The zero-order chi connectivity index (χ0) is 15.1. The van der Waals surface area contributed by atoms with Crippen molar-refractivity contribution < 1.29 is 4.79 Å². The van der Waals surface area contributed by atoms with E-state index in [0.29, 0.717) is 17.5 Å². The SMILES string of the molecule is CC1CCCCN1CCCNC(=O)Cc1ccccc1Cl. The molecule has 1 aromatic carbocycles. The molecule has 0 aliphatic carbocycles. The standard InChI is InChI=1S/C17H25ClN2O/c1-14-7-4-5-11-20(14)12-6-10-19-17(21)13-15-8-2-3-9-16(15)18/h2-3,8-9,14H,4-7,10-13H2,1H3,(H,19,21). The molecule has 1 fully saturated rings. The molecule has 0 aromatic heterocycles. The van der Waals surface area contributed by atoms with E-state index in [1.165, 1.54) is 25.8 Å². The quantitative estimate of drug-likeness (QED) is 0.818. The molecule has 1 unspecified atom stereocenters. The van der Waals surface area contributed by atoms with Crippen LogP contribution in [0, 0.1) is 0 Å². The molecule has 1 N–H and O–H groups in total. The van der Waals surface area contributed by atoms with E-state index in [1.54, 1.807) is 0 Å². The van der Waals surface area contributed by atoms with Gasteiger partial charge < -0.3 is 10.2 Å². The number of carbonyl (C=O) groups excluding carboxylic acids is 1. The topological polar surface area (TPSA) is 32.3 Å². The Hall–Kier alpha value is -1.06. The number of hydrogen-bond donors (Lipinski definition) is 1. The van der Waals surface area contributed by atoms with Crippen LogP contribution < -0.4 is 5.32 Å². The number of hydrogen-bond acceptors (Lipinski definition) is 2. The summed E-state index contributed by atoms with van der Waals surface area (Å²) >= 11 is 6.06.